The Labute approximate surface area is 194 Å². The van der Waals surface area contributed by atoms with Gasteiger partial charge in [-0.25, -0.2) is 9.67 Å². The highest BCUT2D eigenvalue weighted by molar-refractivity contribution is 7.99. The molecule has 0 bridgehead atoms. The minimum Gasteiger partial charge on any atom is -0.323 e. The van der Waals surface area contributed by atoms with Gasteiger partial charge in [0.2, 0.25) is 5.91 Å². The Morgan fingerprint density at radius 1 is 1.18 bits per heavy atom. The summed E-state index contributed by atoms with van der Waals surface area (Å²) in [6.45, 7) is 0. The van der Waals surface area contributed by atoms with E-state index in [1.165, 1.54) is 23.4 Å². The van der Waals surface area contributed by atoms with Gasteiger partial charge in [-0.2, -0.15) is 18.3 Å². The molecule has 1 amide bonds. The van der Waals surface area contributed by atoms with E-state index in [-0.39, 0.29) is 17.1 Å². The van der Waals surface area contributed by atoms with E-state index >= 15 is 0 Å². The predicted molar refractivity (Wildman–Crippen MR) is 117 cm³/mol. The molecule has 2 heterocycles. The summed E-state index contributed by atoms with van der Waals surface area (Å²) in [5.74, 6) is -0.112. The predicted octanol–water partition coefficient (Wildman–Crippen LogP) is 4.47. The summed E-state index contributed by atoms with van der Waals surface area (Å²) in [7, 11) is 1.73. The van der Waals surface area contributed by atoms with Gasteiger partial charge < -0.3 is 9.88 Å². The number of amides is 1. The van der Waals surface area contributed by atoms with Crippen LogP contribution in [0, 0.1) is 0 Å². The minimum absolute atomic E-state index is 0.0457. The van der Waals surface area contributed by atoms with E-state index in [0.29, 0.717) is 21.6 Å². The molecular formula is C20H15ClF3N7OS. The zero-order valence-electron chi connectivity index (χ0n) is 16.9. The number of hydrogen-bond donors (Lipinski definition) is 1. The third kappa shape index (κ3) is 5.01. The summed E-state index contributed by atoms with van der Waals surface area (Å²) in [5, 5.41) is 15.6. The molecule has 0 aliphatic heterocycles. The van der Waals surface area contributed by atoms with Crippen molar-refractivity contribution in [2.24, 2.45) is 7.05 Å². The van der Waals surface area contributed by atoms with E-state index in [9.17, 15) is 18.0 Å². The van der Waals surface area contributed by atoms with Crippen LogP contribution in [0.2, 0.25) is 5.02 Å². The Morgan fingerprint density at radius 3 is 2.67 bits per heavy atom. The molecule has 33 heavy (non-hydrogen) atoms. The molecule has 0 saturated carbocycles. The van der Waals surface area contributed by atoms with Crippen molar-refractivity contribution in [2.45, 2.75) is 11.3 Å². The number of rotatable bonds is 6. The lowest BCUT2D eigenvalue weighted by molar-refractivity contribution is -0.137. The highest BCUT2D eigenvalue weighted by atomic mass is 35.5. The highest BCUT2D eigenvalue weighted by Gasteiger charge is 2.31. The molecule has 0 aliphatic rings. The molecule has 4 aromatic rings. The second-order valence-corrected chi connectivity index (χ2v) is 8.10. The number of thioether (sulfide) groups is 1. The number of alkyl halides is 3. The first kappa shape index (κ1) is 22.8. The van der Waals surface area contributed by atoms with Crippen LogP contribution < -0.4 is 5.32 Å². The maximum absolute atomic E-state index is 13.2. The molecule has 8 nitrogen and oxygen atoms in total. The van der Waals surface area contributed by atoms with Gasteiger partial charge in [0.15, 0.2) is 11.0 Å². The Kier molecular flexibility index (Phi) is 6.38. The highest BCUT2D eigenvalue weighted by Crippen LogP contribution is 2.33. The van der Waals surface area contributed by atoms with Crippen LogP contribution in [0.25, 0.3) is 17.1 Å². The van der Waals surface area contributed by atoms with Gasteiger partial charge in [-0.05, 0) is 30.3 Å². The Balaban J connectivity index is 1.51. The number of nitrogens with one attached hydrogen (secondary N) is 1. The number of carbonyl (C=O) groups is 1. The fourth-order valence-corrected chi connectivity index (χ4v) is 3.91. The van der Waals surface area contributed by atoms with Crippen LogP contribution in [0.3, 0.4) is 0 Å². The third-order valence-corrected chi connectivity index (χ3v) is 5.90. The molecule has 0 aliphatic carbocycles. The van der Waals surface area contributed by atoms with Gasteiger partial charge in [-0.1, -0.05) is 35.5 Å². The minimum atomic E-state index is -4.57. The topological polar surface area (TPSA) is 90.5 Å². The molecule has 0 unspecified atom stereocenters. The van der Waals surface area contributed by atoms with E-state index in [2.05, 4.69) is 25.6 Å². The van der Waals surface area contributed by atoms with Crippen molar-refractivity contribution in [3.05, 3.63) is 65.7 Å². The first-order valence-electron chi connectivity index (χ1n) is 9.37. The van der Waals surface area contributed by atoms with Gasteiger partial charge in [-0.15, -0.1) is 10.2 Å². The summed E-state index contributed by atoms with van der Waals surface area (Å²) in [4.78, 5) is 16.4. The summed E-state index contributed by atoms with van der Waals surface area (Å²) < 4.78 is 42.5. The quantitative estimate of drug-likeness (QED) is 0.399. The average Bonchev–Trinajstić information content (AvgIpc) is 3.42. The van der Waals surface area contributed by atoms with E-state index < -0.39 is 17.6 Å². The first-order valence-corrected chi connectivity index (χ1v) is 10.7. The van der Waals surface area contributed by atoms with Gasteiger partial charge in [-0.3, -0.25) is 4.79 Å². The van der Waals surface area contributed by atoms with E-state index in [1.807, 2.05) is 6.07 Å². The van der Waals surface area contributed by atoms with Gasteiger partial charge in [0, 0.05) is 12.6 Å². The average molecular weight is 494 g/mol. The molecule has 4 rings (SSSR count). The lowest BCUT2D eigenvalue weighted by atomic mass is 10.1. The number of carbonyl (C=O) groups excluding carboxylic acids is 1. The van der Waals surface area contributed by atoms with Crippen molar-refractivity contribution >= 4 is 35.0 Å². The maximum atomic E-state index is 13.2. The van der Waals surface area contributed by atoms with Crippen molar-refractivity contribution in [1.29, 1.82) is 0 Å². The van der Waals surface area contributed by atoms with E-state index in [0.717, 1.165) is 23.9 Å². The first-order chi connectivity index (χ1) is 15.7. The standard InChI is InChI=1S/C20H15ClF3N7OS/c1-30-18(13-4-2-3-5-14(13)21)28-29-19(30)33-9-17(32)27-15-8-12(20(22,23)24)6-7-16(15)31-11-25-10-26-31/h2-8,10-11H,9H2,1H3,(H,27,32). The molecule has 0 fully saturated rings. The number of benzene rings is 2. The Hall–Kier alpha value is -3.38. The maximum Gasteiger partial charge on any atom is 0.416 e. The smallest absolute Gasteiger partial charge is 0.323 e. The Bertz CT molecular complexity index is 1290. The normalized spacial score (nSPS) is 11.5. The second-order valence-electron chi connectivity index (χ2n) is 6.75. The van der Waals surface area contributed by atoms with E-state index in [1.54, 1.807) is 29.8 Å². The monoisotopic (exact) mass is 493 g/mol. The molecule has 13 heteroatoms. The molecule has 0 spiro atoms. The second kappa shape index (κ2) is 9.24. The lowest BCUT2D eigenvalue weighted by Crippen LogP contribution is -2.17. The van der Waals surface area contributed by atoms with Crippen molar-refractivity contribution in [1.82, 2.24) is 29.5 Å². The number of aromatic nitrogens is 6. The van der Waals surface area contributed by atoms with Crippen LogP contribution in [0.4, 0.5) is 18.9 Å². The summed E-state index contributed by atoms with van der Waals surface area (Å²) >= 11 is 7.30. The molecular weight excluding hydrogens is 479 g/mol. The molecule has 0 radical (unpaired) electrons. The number of anilines is 1. The largest absolute Gasteiger partial charge is 0.416 e. The number of halogens is 4. The van der Waals surface area contributed by atoms with Crippen LogP contribution in [-0.2, 0) is 18.0 Å². The lowest BCUT2D eigenvalue weighted by Gasteiger charge is -2.14. The summed E-state index contributed by atoms with van der Waals surface area (Å²) in [6, 6.07) is 10.1. The van der Waals surface area contributed by atoms with Crippen LogP contribution in [0.15, 0.2) is 60.3 Å². The molecule has 0 atom stereocenters. The van der Waals surface area contributed by atoms with Crippen LogP contribution in [0.5, 0.6) is 0 Å². The molecule has 0 saturated heterocycles. The number of hydrogen-bond acceptors (Lipinski definition) is 6. The molecule has 2 aromatic carbocycles. The van der Waals surface area contributed by atoms with Crippen LogP contribution in [0.1, 0.15) is 5.56 Å². The van der Waals surface area contributed by atoms with Crippen molar-refractivity contribution in [2.75, 3.05) is 11.1 Å². The number of nitrogens with zero attached hydrogens (tertiary/aromatic N) is 6. The van der Waals surface area contributed by atoms with Crippen LogP contribution in [-0.4, -0.2) is 41.2 Å². The SMILES string of the molecule is Cn1c(SCC(=O)Nc2cc(C(F)(F)F)ccc2-n2cncn2)nnc1-c1ccccc1Cl. The summed E-state index contributed by atoms with van der Waals surface area (Å²) in [5.41, 5.74) is -0.00642. The van der Waals surface area contributed by atoms with Gasteiger partial charge in [0.1, 0.15) is 12.7 Å². The van der Waals surface area contributed by atoms with E-state index in [4.69, 9.17) is 11.6 Å². The molecule has 1 N–H and O–H groups in total. The summed E-state index contributed by atoms with van der Waals surface area (Å²) in [6.07, 6.45) is -2.00. The molecule has 170 valence electrons. The fraction of sp³-hybridized carbons (Fsp3) is 0.150. The van der Waals surface area contributed by atoms with Crippen molar-refractivity contribution in [3.8, 4) is 17.1 Å². The fourth-order valence-electron chi connectivity index (χ4n) is 2.98. The van der Waals surface area contributed by atoms with Gasteiger partial charge >= 0.3 is 6.18 Å². The zero-order valence-corrected chi connectivity index (χ0v) is 18.5. The third-order valence-electron chi connectivity index (χ3n) is 4.55. The molecule has 2 aromatic heterocycles. The van der Waals surface area contributed by atoms with Crippen molar-refractivity contribution < 1.29 is 18.0 Å². The van der Waals surface area contributed by atoms with Crippen molar-refractivity contribution in [3.63, 3.8) is 0 Å². The zero-order chi connectivity index (χ0) is 23.6. The van der Waals surface area contributed by atoms with Crippen LogP contribution >= 0.6 is 23.4 Å². The van der Waals surface area contributed by atoms with Gasteiger partial charge in [0.25, 0.3) is 0 Å². The Morgan fingerprint density at radius 2 is 1.97 bits per heavy atom. The van der Waals surface area contributed by atoms with Gasteiger partial charge in [0.05, 0.1) is 27.7 Å².